The molecule has 0 spiro atoms. The fourth-order valence-corrected chi connectivity index (χ4v) is 3.33. The van der Waals surface area contributed by atoms with E-state index in [1.165, 1.54) is 18.6 Å². The van der Waals surface area contributed by atoms with Crippen LogP contribution in [0.2, 0.25) is 0 Å². The van der Waals surface area contributed by atoms with Crippen LogP contribution in [0, 0.1) is 11.8 Å². The summed E-state index contributed by atoms with van der Waals surface area (Å²) >= 11 is 0. The predicted molar refractivity (Wildman–Crippen MR) is 50.6 cm³/mol. The smallest absolute Gasteiger partial charge is 0.244 e. The Morgan fingerprint density at radius 2 is 2.07 bits per heavy atom. The van der Waals surface area contributed by atoms with Crippen molar-refractivity contribution in [3.8, 4) is 0 Å². The van der Waals surface area contributed by atoms with E-state index in [1.807, 2.05) is 0 Å². The molecule has 6 heteroatoms. The largest absolute Gasteiger partial charge is 0.471 e. The highest BCUT2D eigenvalue weighted by Gasteiger charge is 2.55. The lowest BCUT2D eigenvalue weighted by Crippen LogP contribution is -2.29. The second-order valence-corrected chi connectivity index (χ2v) is 5.69. The Bertz CT molecular complexity index is 442. The number of fused-ring (bicyclic) bond motifs is 1. The first-order valence-electron chi connectivity index (χ1n) is 4.81. The van der Waals surface area contributed by atoms with Crippen molar-refractivity contribution in [3.05, 3.63) is 18.6 Å². The van der Waals surface area contributed by atoms with E-state index in [9.17, 15) is 8.42 Å². The summed E-state index contributed by atoms with van der Waals surface area (Å²) in [6.07, 6.45) is 2.59. The molecule has 0 amide bonds. The molecule has 2 aliphatic rings. The van der Waals surface area contributed by atoms with Crippen LogP contribution in [0.15, 0.2) is 27.9 Å². The van der Waals surface area contributed by atoms with E-state index in [0.29, 0.717) is 25.0 Å². The molecule has 1 N–H and O–H groups in total. The van der Waals surface area contributed by atoms with Crippen LogP contribution >= 0.6 is 0 Å². The van der Waals surface area contributed by atoms with Crippen LogP contribution in [0.1, 0.15) is 0 Å². The Labute approximate surface area is 87.5 Å². The van der Waals surface area contributed by atoms with Gasteiger partial charge in [0.2, 0.25) is 10.0 Å². The molecule has 1 aliphatic carbocycles. The normalized spacial score (nSPS) is 34.0. The van der Waals surface area contributed by atoms with Gasteiger partial charge in [-0.05, 0) is 6.07 Å². The van der Waals surface area contributed by atoms with Gasteiger partial charge in [-0.3, -0.25) is 0 Å². The fourth-order valence-electron chi connectivity index (χ4n) is 2.07. The molecule has 0 radical (unpaired) electrons. The van der Waals surface area contributed by atoms with Gasteiger partial charge in [0.05, 0.1) is 19.5 Å². The van der Waals surface area contributed by atoms with E-state index in [4.69, 9.17) is 9.15 Å². The van der Waals surface area contributed by atoms with Crippen molar-refractivity contribution in [2.45, 2.75) is 10.9 Å². The van der Waals surface area contributed by atoms with E-state index in [0.717, 1.165) is 0 Å². The molecule has 1 unspecified atom stereocenters. The van der Waals surface area contributed by atoms with Gasteiger partial charge >= 0.3 is 0 Å². The first kappa shape index (κ1) is 9.38. The number of nitrogens with one attached hydrogen (secondary N) is 1. The standard InChI is InChI=1S/C9H11NO4S/c11-15(12,6-1-2-13-3-6)10-9-7-4-14-5-8(7)9/h1-3,7-10H,4-5H2/t7-,8+,9?. The van der Waals surface area contributed by atoms with Gasteiger partial charge in [-0.25, -0.2) is 13.1 Å². The van der Waals surface area contributed by atoms with Gasteiger partial charge < -0.3 is 9.15 Å². The van der Waals surface area contributed by atoms with E-state index in [2.05, 4.69) is 4.72 Å². The second-order valence-electron chi connectivity index (χ2n) is 3.97. The van der Waals surface area contributed by atoms with Crippen LogP contribution in [0.5, 0.6) is 0 Å². The lowest BCUT2D eigenvalue weighted by Gasteiger charge is -2.06. The molecule has 1 aliphatic heterocycles. The molecule has 3 rings (SSSR count). The van der Waals surface area contributed by atoms with Crippen LogP contribution in [0.4, 0.5) is 0 Å². The van der Waals surface area contributed by atoms with Crippen molar-refractivity contribution in [1.29, 1.82) is 0 Å². The van der Waals surface area contributed by atoms with Gasteiger partial charge in [0, 0.05) is 17.9 Å². The second kappa shape index (κ2) is 3.07. The minimum absolute atomic E-state index is 0.0543. The van der Waals surface area contributed by atoms with E-state index in [-0.39, 0.29) is 10.9 Å². The highest BCUT2D eigenvalue weighted by Crippen LogP contribution is 2.44. The highest BCUT2D eigenvalue weighted by atomic mass is 32.2. The summed E-state index contributed by atoms with van der Waals surface area (Å²) < 4.78 is 36.1. The molecule has 1 saturated heterocycles. The summed E-state index contributed by atoms with van der Waals surface area (Å²) in [6.45, 7) is 1.34. The fraction of sp³-hybridized carbons (Fsp3) is 0.556. The average molecular weight is 229 g/mol. The van der Waals surface area contributed by atoms with Crippen molar-refractivity contribution in [1.82, 2.24) is 4.72 Å². The van der Waals surface area contributed by atoms with Gasteiger partial charge in [-0.1, -0.05) is 0 Å². The van der Waals surface area contributed by atoms with Crippen molar-refractivity contribution in [2.24, 2.45) is 11.8 Å². The maximum atomic E-state index is 11.8. The van der Waals surface area contributed by atoms with Crippen LogP contribution in [0.3, 0.4) is 0 Å². The van der Waals surface area contributed by atoms with Gasteiger partial charge in [-0.15, -0.1) is 0 Å². The summed E-state index contributed by atoms with van der Waals surface area (Å²) in [5.74, 6) is 0.735. The summed E-state index contributed by atoms with van der Waals surface area (Å²) in [6, 6.07) is 1.50. The SMILES string of the molecule is O=S(=O)(NC1[C@H]2COC[C@@H]12)c1ccoc1. The van der Waals surface area contributed by atoms with Crippen LogP contribution in [-0.2, 0) is 14.8 Å². The molecule has 1 aromatic heterocycles. The monoisotopic (exact) mass is 229 g/mol. The maximum absolute atomic E-state index is 11.8. The molecular formula is C9H11NO4S. The molecule has 0 bridgehead atoms. The third-order valence-corrected chi connectivity index (χ3v) is 4.48. The zero-order valence-corrected chi connectivity index (χ0v) is 8.74. The van der Waals surface area contributed by atoms with Crippen LogP contribution in [-0.4, -0.2) is 27.7 Å². The maximum Gasteiger partial charge on any atom is 0.244 e. The number of hydrogen-bond donors (Lipinski definition) is 1. The van der Waals surface area contributed by atoms with Crippen molar-refractivity contribution in [2.75, 3.05) is 13.2 Å². The third kappa shape index (κ3) is 1.49. The predicted octanol–water partition coefficient (Wildman–Crippen LogP) is 0.203. The molecule has 1 aromatic rings. The van der Waals surface area contributed by atoms with Gasteiger partial charge in [0.15, 0.2) is 0 Å². The number of sulfonamides is 1. The number of hydrogen-bond acceptors (Lipinski definition) is 4. The molecule has 0 aromatic carbocycles. The molecule has 3 atom stereocenters. The summed E-state index contributed by atoms with van der Waals surface area (Å²) in [5.41, 5.74) is 0. The minimum atomic E-state index is -3.40. The Balaban J connectivity index is 1.74. The Morgan fingerprint density at radius 3 is 2.67 bits per heavy atom. The summed E-state index contributed by atoms with van der Waals surface area (Å²) in [5, 5.41) is 0. The van der Waals surface area contributed by atoms with Gasteiger partial charge in [0.1, 0.15) is 11.2 Å². The molecule has 15 heavy (non-hydrogen) atoms. The topological polar surface area (TPSA) is 68.5 Å². The third-order valence-electron chi connectivity index (χ3n) is 3.05. The average Bonchev–Trinajstić information content (AvgIpc) is 2.75. The Hall–Kier alpha value is -0.850. The molecular weight excluding hydrogens is 218 g/mol. The molecule has 2 fully saturated rings. The van der Waals surface area contributed by atoms with E-state index in [1.54, 1.807) is 0 Å². The first-order valence-corrected chi connectivity index (χ1v) is 6.29. The highest BCUT2D eigenvalue weighted by molar-refractivity contribution is 7.89. The quantitative estimate of drug-likeness (QED) is 0.804. The zero-order valence-electron chi connectivity index (χ0n) is 7.92. The zero-order chi connectivity index (χ0) is 10.5. The Kier molecular flexibility index (Phi) is 1.92. The summed E-state index contributed by atoms with van der Waals surface area (Å²) in [7, 11) is -3.40. The van der Waals surface area contributed by atoms with Gasteiger partial charge in [0.25, 0.3) is 0 Å². The summed E-state index contributed by atoms with van der Waals surface area (Å²) in [4.78, 5) is 0.188. The molecule has 5 nitrogen and oxygen atoms in total. The number of ether oxygens (including phenoxy) is 1. The molecule has 1 saturated carbocycles. The van der Waals surface area contributed by atoms with E-state index < -0.39 is 10.0 Å². The van der Waals surface area contributed by atoms with E-state index >= 15 is 0 Å². The van der Waals surface area contributed by atoms with Crippen LogP contribution < -0.4 is 4.72 Å². The number of rotatable bonds is 3. The lowest BCUT2D eigenvalue weighted by atomic mass is 10.4. The van der Waals surface area contributed by atoms with Crippen molar-refractivity contribution >= 4 is 10.0 Å². The number of furan rings is 1. The minimum Gasteiger partial charge on any atom is -0.471 e. The molecule has 82 valence electrons. The van der Waals surface area contributed by atoms with Crippen molar-refractivity contribution in [3.63, 3.8) is 0 Å². The van der Waals surface area contributed by atoms with Gasteiger partial charge in [-0.2, -0.15) is 0 Å². The van der Waals surface area contributed by atoms with Crippen LogP contribution in [0.25, 0.3) is 0 Å². The Morgan fingerprint density at radius 1 is 1.33 bits per heavy atom. The van der Waals surface area contributed by atoms with Crippen molar-refractivity contribution < 1.29 is 17.6 Å². The molecule has 2 heterocycles. The first-order chi connectivity index (χ1) is 7.18. The lowest BCUT2D eigenvalue weighted by molar-refractivity contribution is 0.159.